The lowest BCUT2D eigenvalue weighted by Gasteiger charge is -2.23. The molecular weight excluding hydrogens is 367 g/mol. The van der Waals surface area contributed by atoms with Crippen molar-refractivity contribution in [2.24, 2.45) is 0 Å². The minimum Gasteiger partial charge on any atom is -0.322 e. The van der Waals surface area contributed by atoms with Gasteiger partial charge in [-0.25, -0.2) is 0 Å². The van der Waals surface area contributed by atoms with Crippen LogP contribution >= 0.6 is 12.4 Å². The molecule has 8 heteroatoms. The number of piperidine rings is 1. The van der Waals surface area contributed by atoms with Crippen molar-refractivity contribution in [3.63, 3.8) is 0 Å². The number of aromatic nitrogens is 1. The summed E-state index contributed by atoms with van der Waals surface area (Å²) < 4.78 is 37.5. The van der Waals surface area contributed by atoms with Gasteiger partial charge in [0.15, 0.2) is 0 Å². The number of nitrogens with one attached hydrogen (secondary N) is 2. The Balaban J connectivity index is 0.00000243. The molecule has 3 rings (SSSR count). The molecule has 1 fully saturated rings. The van der Waals surface area contributed by atoms with Crippen molar-refractivity contribution in [3.05, 3.63) is 59.4 Å². The van der Waals surface area contributed by atoms with Crippen molar-refractivity contribution in [2.75, 3.05) is 18.4 Å². The van der Waals surface area contributed by atoms with Gasteiger partial charge in [0.1, 0.15) is 5.69 Å². The topological polar surface area (TPSA) is 54.0 Å². The zero-order chi connectivity index (χ0) is 17.9. The van der Waals surface area contributed by atoms with Gasteiger partial charge < -0.3 is 10.6 Å². The monoisotopic (exact) mass is 385 g/mol. The van der Waals surface area contributed by atoms with Crippen LogP contribution in [0.4, 0.5) is 18.9 Å². The molecule has 0 spiro atoms. The Kier molecular flexibility index (Phi) is 6.61. The standard InChI is InChI=1S/C18H18F3N3O.ClH/c19-18(20,21)16-8-5-14(11-23-16)17(25)24-15-6-3-12(4-7-15)13-2-1-9-22-10-13;/h3-8,11,13,22H,1-2,9-10H2,(H,24,25);1H. The second-order valence-corrected chi connectivity index (χ2v) is 6.05. The highest BCUT2D eigenvalue weighted by atomic mass is 35.5. The predicted molar refractivity (Wildman–Crippen MR) is 95.7 cm³/mol. The molecule has 140 valence electrons. The molecule has 2 heterocycles. The van der Waals surface area contributed by atoms with Crippen LogP contribution in [0.25, 0.3) is 0 Å². The molecule has 1 aromatic carbocycles. The van der Waals surface area contributed by atoms with Gasteiger partial charge in [-0.1, -0.05) is 12.1 Å². The van der Waals surface area contributed by atoms with Crippen LogP contribution in [-0.2, 0) is 6.18 Å². The first-order valence-electron chi connectivity index (χ1n) is 8.09. The summed E-state index contributed by atoms with van der Waals surface area (Å²) in [6.45, 7) is 1.99. The van der Waals surface area contributed by atoms with Gasteiger partial charge >= 0.3 is 6.18 Å². The molecule has 4 nitrogen and oxygen atoms in total. The van der Waals surface area contributed by atoms with Crippen LogP contribution in [0.5, 0.6) is 0 Å². The van der Waals surface area contributed by atoms with E-state index >= 15 is 0 Å². The molecule has 1 aliphatic heterocycles. The normalized spacial score (nSPS) is 17.3. The van der Waals surface area contributed by atoms with Crippen LogP contribution < -0.4 is 10.6 Å². The summed E-state index contributed by atoms with van der Waals surface area (Å²) in [6.07, 6.45) is -1.31. The van der Waals surface area contributed by atoms with E-state index in [4.69, 9.17) is 0 Å². The third kappa shape index (κ3) is 4.95. The first kappa shape index (κ1) is 20.2. The molecule has 2 N–H and O–H groups in total. The highest BCUT2D eigenvalue weighted by molar-refractivity contribution is 6.04. The highest BCUT2D eigenvalue weighted by Crippen LogP contribution is 2.27. The Morgan fingerprint density at radius 2 is 1.88 bits per heavy atom. The van der Waals surface area contributed by atoms with E-state index in [1.54, 1.807) is 12.1 Å². The molecular formula is C18H19ClF3N3O. The number of alkyl halides is 3. The van der Waals surface area contributed by atoms with Crippen molar-refractivity contribution < 1.29 is 18.0 Å². The number of anilines is 1. The Hall–Kier alpha value is -2.12. The van der Waals surface area contributed by atoms with Gasteiger partial charge in [-0.3, -0.25) is 9.78 Å². The lowest BCUT2D eigenvalue weighted by Crippen LogP contribution is -2.28. The number of halogens is 4. The molecule has 26 heavy (non-hydrogen) atoms. The molecule has 1 aromatic heterocycles. The summed E-state index contributed by atoms with van der Waals surface area (Å²) in [6, 6.07) is 9.47. The second-order valence-electron chi connectivity index (χ2n) is 6.05. The van der Waals surface area contributed by atoms with Crippen LogP contribution in [0, 0.1) is 0 Å². The van der Waals surface area contributed by atoms with Gasteiger partial charge in [-0.05, 0) is 55.1 Å². The maximum atomic E-state index is 12.5. The number of nitrogens with zero attached hydrogens (tertiary/aromatic N) is 1. The second kappa shape index (κ2) is 8.51. The number of rotatable bonds is 3. The lowest BCUT2D eigenvalue weighted by molar-refractivity contribution is -0.141. The number of carbonyl (C=O) groups excluding carboxylic acids is 1. The molecule has 2 aromatic rings. The molecule has 0 bridgehead atoms. The van der Waals surface area contributed by atoms with Gasteiger partial charge in [0.2, 0.25) is 0 Å². The van der Waals surface area contributed by atoms with Crippen LogP contribution in [-0.4, -0.2) is 24.0 Å². The summed E-state index contributed by atoms with van der Waals surface area (Å²) in [7, 11) is 0. The van der Waals surface area contributed by atoms with E-state index in [1.165, 1.54) is 5.56 Å². The third-order valence-electron chi connectivity index (χ3n) is 4.25. The van der Waals surface area contributed by atoms with Crippen LogP contribution in [0.1, 0.15) is 40.4 Å². The zero-order valence-corrected chi connectivity index (χ0v) is 14.7. The number of carbonyl (C=O) groups is 1. The SMILES string of the molecule is Cl.O=C(Nc1ccc(C2CCCNC2)cc1)c1ccc(C(F)(F)F)nc1. The largest absolute Gasteiger partial charge is 0.433 e. The van der Waals surface area contributed by atoms with Gasteiger partial charge in [0, 0.05) is 18.4 Å². The van der Waals surface area contributed by atoms with Crippen LogP contribution in [0.15, 0.2) is 42.6 Å². The maximum absolute atomic E-state index is 12.5. The molecule has 1 aliphatic rings. The van der Waals surface area contributed by atoms with Crippen molar-refractivity contribution in [2.45, 2.75) is 24.9 Å². The van der Waals surface area contributed by atoms with Crippen LogP contribution in [0.3, 0.4) is 0 Å². The average molecular weight is 386 g/mol. The van der Waals surface area contributed by atoms with Crippen molar-refractivity contribution in [1.29, 1.82) is 0 Å². The smallest absolute Gasteiger partial charge is 0.322 e. The molecule has 1 unspecified atom stereocenters. The highest BCUT2D eigenvalue weighted by Gasteiger charge is 2.32. The molecule has 0 aliphatic carbocycles. The quantitative estimate of drug-likeness (QED) is 0.830. The van der Waals surface area contributed by atoms with E-state index in [2.05, 4.69) is 15.6 Å². The minimum atomic E-state index is -4.52. The Morgan fingerprint density at radius 1 is 1.15 bits per heavy atom. The summed E-state index contributed by atoms with van der Waals surface area (Å²) in [5.74, 6) is -0.0223. The van der Waals surface area contributed by atoms with E-state index in [1.807, 2.05) is 12.1 Å². The average Bonchev–Trinajstić information content (AvgIpc) is 2.62. The first-order valence-corrected chi connectivity index (χ1v) is 8.09. The van der Waals surface area contributed by atoms with Gasteiger partial charge in [0.25, 0.3) is 5.91 Å². The van der Waals surface area contributed by atoms with Crippen molar-refractivity contribution in [1.82, 2.24) is 10.3 Å². The summed E-state index contributed by atoms with van der Waals surface area (Å²) in [5, 5.41) is 6.03. The number of benzene rings is 1. The van der Waals surface area contributed by atoms with E-state index in [9.17, 15) is 18.0 Å². The number of pyridine rings is 1. The van der Waals surface area contributed by atoms with Crippen LogP contribution in [0.2, 0.25) is 0 Å². The van der Waals surface area contributed by atoms with Gasteiger partial charge in [0.05, 0.1) is 5.56 Å². The van der Waals surface area contributed by atoms with E-state index in [0.717, 1.165) is 44.3 Å². The summed E-state index contributed by atoms with van der Waals surface area (Å²) in [5.41, 5.74) is 0.863. The Bertz CT molecular complexity index is 727. The van der Waals surface area contributed by atoms with E-state index < -0.39 is 17.8 Å². The number of hydrogen-bond donors (Lipinski definition) is 2. The maximum Gasteiger partial charge on any atom is 0.433 e. The Labute approximate surface area is 155 Å². The fourth-order valence-electron chi connectivity index (χ4n) is 2.87. The van der Waals surface area contributed by atoms with Crippen molar-refractivity contribution >= 4 is 24.0 Å². The molecule has 1 saturated heterocycles. The molecule has 1 atom stereocenters. The first-order chi connectivity index (χ1) is 11.9. The predicted octanol–water partition coefficient (Wildman–Crippen LogP) is 4.24. The molecule has 1 amide bonds. The zero-order valence-electron chi connectivity index (χ0n) is 13.8. The number of amides is 1. The fraction of sp³-hybridized carbons (Fsp3) is 0.333. The van der Waals surface area contributed by atoms with Gasteiger partial charge in [-0.2, -0.15) is 13.2 Å². The summed E-state index contributed by atoms with van der Waals surface area (Å²) in [4.78, 5) is 15.4. The summed E-state index contributed by atoms with van der Waals surface area (Å²) >= 11 is 0. The van der Waals surface area contributed by atoms with Gasteiger partial charge in [-0.15, -0.1) is 12.4 Å². The fourth-order valence-corrected chi connectivity index (χ4v) is 2.87. The molecule has 0 radical (unpaired) electrons. The number of hydrogen-bond acceptors (Lipinski definition) is 3. The van der Waals surface area contributed by atoms with E-state index in [0.29, 0.717) is 11.6 Å². The minimum absolute atomic E-state index is 0. The molecule has 0 saturated carbocycles. The third-order valence-corrected chi connectivity index (χ3v) is 4.25. The van der Waals surface area contributed by atoms with Crippen molar-refractivity contribution in [3.8, 4) is 0 Å². The Morgan fingerprint density at radius 3 is 2.42 bits per heavy atom. The van der Waals surface area contributed by atoms with E-state index in [-0.39, 0.29) is 18.0 Å². The lowest BCUT2D eigenvalue weighted by atomic mass is 9.91.